The number of ether oxygens (including phenoxy) is 2. The monoisotopic (exact) mass is 649 g/mol. The van der Waals surface area contributed by atoms with E-state index in [-0.39, 0.29) is 58.6 Å². The second-order valence-corrected chi connectivity index (χ2v) is 13.1. The summed E-state index contributed by atoms with van der Waals surface area (Å²) in [7, 11) is 0. The molecule has 2 fully saturated rings. The lowest BCUT2D eigenvalue weighted by Gasteiger charge is -2.42. The van der Waals surface area contributed by atoms with E-state index >= 15 is 4.39 Å². The molecule has 2 atom stereocenters. The lowest BCUT2D eigenvalue weighted by Crippen LogP contribution is -2.57. The molecule has 3 heterocycles. The standard InChI is InChI=1S/C33H37ClFN7O4/c1-33(2,3)46-32(44)42-19-9-10-20(42)17-41(16-19)29-24-15-25(34)26(23-14-21(43)13-18-7-4-5-8-22(18)23)27(35)28(24)39-31(40-29)45-12-6-11-38-30(36)37/h4-5,7-8,13-15,19-20,43H,6,9-12,16-17H2,1-3H3,(H4,36,37,38). The highest BCUT2D eigenvalue weighted by atomic mass is 35.5. The summed E-state index contributed by atoms with van der Waals surface area (Å²) in [6.45, 7) is 7.07. The minimum atomic E-state index is -0.666. The largest absolute Gasteiger partial charge is 0.508 e. The Balaban J connectivity index is 1.42. The summed E-state index contributed by atoms with van der Waals surface area (Å²) in [6, 6.07) is 11.9. The summed E-state index contributed by atoms with van der Waals surface area (Å²) in [5.41, 5.74) is 5.32. The topological polar surface area (TPSA) is 150 Å². The maximum Gasteiger partial charge on any atom is 0.410 e. The summed E-state index contributed by atoms with van der Waals surface area (Å²) in [5.74, 6) is -0.374. The summed E-state index contributed by atoms with van der Waals surface area (Å²) >= 11 is 6.86. The number of aromatic hydroxyl groups is 1. The number of phenols is 1. The molecule has 6 rings (SSSR count). The van der Waals surface area contributed by atoms with Crippen LogP contribution in [-0.4, -0.2) is 76.0 Å². The number of benzene rings is 3. The lowest BCUT2D eigenvalue weighted by molar-refractivity contribution is 0.0122. The van der Waals surface area contributed by atoms with Crippen LogP contribution < -0.4 is 20.7 Å². The third-order valence-corrected chi connectivity index (χ3v) is 8.51. The van der Waals surface area contributed by atoms with Gasteiger partial charge in [-0.15, -0.1) is 0 Å². The fourth-order valence-electron chi connectivity index (χ4n) is 6.36. The van der Waals surface area contributed by atoms with Gasteiger partial charge < -0.3 is 30.5 Å². The van der Waals surface area contributed by atoms with Gasteiger partial charge in [0.05, 0.1) is 23.7 Å². The van der Waals surface area contributed by atoms with Crippen molar-refractivity contribution >= 4 is 51.1 Å². The zero-order valence-electron chi connectivity index (χ0n) is 25.9. The molecule has 3 aromatic carbocycles. The Morgan fingerprint density at radius 1 is 1.15 bits per heavy atom. The van der Waals surface area contributed by atoms with Crippen molar-refractivity contribution in [3.05, 3.63) is 53.3 Å². The number of nitrogens with zero attached hydrogens (tertiary/aromatic N) is 4. The number of carbonyl (C=O) groups is 1. The van der Waals surface area contributed by atoms with Crippen molar-refractivity contribution in [1.29, 1.82) is 5.41 Å². The molecular formula is C33H37ClFN7O4. The molecule has 1 amide bonds. The Kier molecular flexibility index (Phi) is 8.41. The molecular weight excluding hydrogens is 613 g/mol. The fourth-order valence-corrected chi connectivity index (χ4v) is 6.66. The van der Waals surface area contributed by atoms with Crippen LogP contribution in [0.5, 0.6) is 11.8 Å². The molecule has 0 spiro atoms. The molecule has 2 aliphatic rings. The van der Waals surface area contributed by atoms with E-state index in [1.54, 1.807) is 12.1 Å². The van der Waals surface area contributed by atoms with Crippen LogP contribution in [0.15, 0.2) is 42.5 Å². The van der Waals surface area contributed by atoms with Crippen LogP contribution in [0, 0.1) is 11.2 Å². The zero-order valence-corrected chi connectivity index (χ0v) is 26.7. The van der Waals surface area contributed by atoms with Gasteiger partial charge in [0, 0.05) is 30.6 Å². The number of amides is 1. The first kappa shape index (κ1) is 31.4. The number of fused-ring (bicyclic) bond motifs is 4. The van der Waals surface area contributed by atoms with Gasteiger partial charge in [-0.25, -0.2) is 9.18 Å². The van der Waals surface area contributed by atoms with Crippen LogP contribution in [0.2, 0.25) is 5.02 Å². The number of aromatic nitrogens is 2. The van der Waals surface area contributed by atoms with Crippen molar-refractivity contribution in [2.75, 3.05) is 31.1 Å². The molecule has 0 aliphatic carbocycles. The maximum absolute atomic E-state index is 16.8. The number of guanidine groups is 1. The van der Waals surface area contributed by atoms with E-state index < -0.39 is 11.4 Å². The van der Waals surface area contributed by atoms with Gasteiger partial charge in [-0.1, -0.05) is 35.9 Å². The molecule has 46 heavy (non-hydrogen) atoms. The lowest BCUT2D eigenvalue weighted by atomic mass is 9.96. The predicted molar refractivity (Wildman–Crippen MR) is 176 cm³/mol. The molecule has 4 aromatic rings. The molecule has 2 aliphatic heterocycles. The van der Waals surface area contributed by atoms with Gasteiger partial charge in [0.25, 0.3) is 0 Å². The molecule has 2 bridgehead atoms. The first-order valence-electron chi connectivity index (χ1n) is 15.3. The van der Waals surface area contributed by atoms with Crippen LogP contribution >= 0.6 is 11.6 Å². The second-order valence-electron chi connectivity index (χ2n) is 12.7. The number of hydrogen-bond acceptors (Lipinski definition) is 8. The number of rotatable bonds is 7. The van der Waals surface area contributed by atoms with E-state index in [9.17, 15) is 9.90 Å². The van der Waals surface area contributed by atoms with Crippen LogP contribution in [0.3, 0.4) is 0 Å². The number of nitrogens with two attached hydrogens (primary N) is 1. The smallest absolute Gasteiger partial charge is 0.410 e. The molecule has 2 unspecified atom stereocenters. The Morgan fingerprint density at radius 3 is 2.57 bits per heavy atom. The minimum absolute atomic E-state index is 0.0137. The molecule has 2 saturated heterocycles. The van der Waals surface area contributed by atoms with Crippen LogP contribution in [-0.2, 0) is 4.74 Å². The highest BCUT2D eigenvalue weighted by Gasteiger charge is 2.45. The van der Waals surface area contributed by atoms with Crippen molar-refractivity contribution in [2.45, 2.75) is 57.7 Å². The average molecular weight is 650 g/mol. The number of hydrogen-bond donors (Lipinski definition) is 4. The van der Waals surface area contributed by atoms with Crippen molar-refractivity contribution in [2.24, 2.45) is 5.73 Å². The number of piperazine rings is 1. The molecule has 1 aromatic heterocycles. The van der Waals surface area contributed by atoms with Gasteiger partial charge in [0.1, 0.15) is 22.7 Å². The SMILES string of the molecule is CC(C)(C)OC(=O)N1C2CCC1CN(c1nc(OCCCNC(=N)N)nc3c(F)c(-c4cc(O)cc5ccccc45)c(Cl)cc13)C2. The number of phenolic OH excluding ortho intramolecular Hbond substituents is 1. The van der Waals surface area contributed by atoms with E-state index in [2.05, 4.69) is 10.3 Å². The normalized spacial score (nSPS) is 17.8. The van der Waals surface area contributed by atoms with Crippen molar-refractivity contribution in [3.8, 4) is 22.9 Å². The third kappa shape index (κ3) is 6.26. The van der Waals surface area contributed by atoms with Gasteiger partial charge in [-0.05, 0) is 74.6 Å². The Morgan fingerprint density at radius 2 is 1.87 bits per heavy atom. The summed E-state index contributed by atoms with van der Waals surface area (Å²) < 4.78 is 28.4. The molecule has 11 nitrogen and oxygen atoms in total. The van der Waals surface area contributed by atoms with Gasteiger partial charge in [-0.2, -0.15) is 9.97 Å². The molecule has 5 N–H and O–H groups in total. The summed E-state index contributed by atoms with van der Waals surface area (Å²) in [5, 5.41) is 22.6. The summed E-state index contributed by atoms with van der Waals surface area (Å²) in [4.78, 5) is 26.2. The number of halogens is 2. The third-order valence-electron chi connectivity index (χ3n) is 8.21. The first-order chi connectivity index (χ1) is 21.9. The molecule has 0 saturated carbocycles. The summed E-state index contributed by atoms with van der Waals surface area (Å²) in [6.07, 6.45) is 1.77. The highest BCUT2D eigenvalue weighted by Crippen LogP contribution is 2.43. The Bertz CT molecular complexity index is 1820. The Labute approximate surface area is 271 Å². The molecule has 0 radical (unpaired) electrons. The van der Waals surface area contributed by atoms with E-state index in [4.69, 9.17) is 37.2 Å². The van der Waals surface area contributed by atoms with Gasteiger partial charge in [-0.3, -0.25) is 10.3 Å². The van der Waals surface area contributed by atoms with E-state index in [0.717, 1.165) is 23.6 Å². The number of nitrogens with one attached hydrogen (secondary N) is 2. The van der Waals surface area contributed by atoms with Crippen LogP contribution in [0.25, 0.3) is 32.8 Å². The van der Waals surface area contributed by atoms with Crippen molar-refractivity contribution in [3.63, 3.8) is 0 Å². The Hall–Kier alpha value is -4.58. The molecule has 13 heteroatoms. The van der Waals surface area contributed by atoms with Gasteiger partial charge >= 0.3 is 12.1 Å². The van der Waals surface area contributed by atoms with Gasteiger partial charge in [0.2, 0.25) is 0 Å². The van der Waals surface area contributed by atoms with Crippen molar-refractivity contribution < 1.29 is 23.8 Å². The fraction of sp³-hybridized carbons (Fsp3) is 0.394. The maximum atomic E-state index is 16.8. The average Bonchev–Trinajstić information content (AvgIpc) is 3.25. The quantitative estimate of drug-likeness (QED) is 0.111. The van der Waals surface area contributed by atoms with Gasteiger partial charge in [0.15, 0.2) is 11.8 Å². The van der Waals surface area contributed by atoms with Crippen molar-refractivity contribution in [1.82, 2.24) is 20.2 Å². The number of anilines is 1. The number of carbonyl (C=O) groups excluding carboxylic acids is 1. The van der Waals surface area contributed by atoms with Crippen LogP contribution in [0.4, 0.5) is 15.0 Å². The van der Waals surface area contributed by atoms with Crippen LogP contribution in [0.1, 0.15) is 40.0 Å². The predicted octanol–water partition coefficient (Wildman–Crippen LogP) is 5.79. The van der Waals surface area contributed by atoms with E-state index in [1.165, 1.54) is 6.07 Å². The molecule has 242 valence electrons. The zero-order chi connectivity index (χ0) is 32.7. The van der Waals surface area contributed by atoms with E-state index in [1.807, 2.05) is 54.8 Å². The second kappa shape index (κ2) is 12.3. The highest BCUT2D eigenvalue weighted by molar-refractivity contribution is 6.35. The minimum Gasteiger partial charge on any atom is -0.508 e. The van der Waals surface area contributed by atoms with E-state index in [0.29, 0.717) is 42.8 Å². The first-order valence-corrected chi connectivity index (χ1v) is 15.7.